The predicted octanol–water partition coefficient (Wildman–Crippen LogP) is 2.96. The zero-order chi connectivity index (χ0) is 15.9. The maximum atomic E-state index is 12.7. The Hall–Kier alpha value is -3.00. The van der Waals surface area contributed by atoms with E-state index in [2.05, 4.69) is 0 Å². The van der Waals surface area contributed by atoms with Crippen LogP contribution in [0.1, 0.15) is 16.8 Å². The number of ether oxygens (including phenoxy) is 1. The summed E-state index contributed by atoms with van der Waals surface area (Å²) < 4.78 is 5.01. The summed E-state index contributed by atoms with van der Waals surface area (Å²) in [6.07, 6.45) is 0.206. The third-order valence-corrected chi connectivity index (χ3v) is 3.20. The summed E-state index contributed by atoms with van der Waals surface area (Å²) in [7, 11) is 1.49. The fourth-order valence-electron chi connectivity index (χ4n) is 2.08. The van der Waals surface area contributed by atoms with E-state index < -0.39 is 0 Å². The molecule has 0 atom stereocenters. The van der Waals surface area contributed by atoms with Crippen LogP contribution in [0, 0.1) is 11.3 Å². The minimum atomic E-state index is -0.360. The second-order valence-electron chi connectivity index (χ2n) is 4.58. The van der Waals surface area contributed by atoms with Gasteiger partial charge in [-0.1, -0.05) is 18.2 Å². The molecular weight excluding hydrogens is 280 g/mol. The number of hydrogen-bond acceptors (Lipinski definition) is 4. The quantitative estimate of drug-likeness (QED) is 0.920. The van der Waals surface area contributed by atoms with Gasteiger partial charge in [0.1, 0.15) is 11.5 Å². The fraction of sp³-hybridized carbons (Fsp3) is 0.176. The highest BCUT2D eigenvalue weighted by molar-refractivity contribution is 6.07. The van der Waals surface area contributed by atoms with E-state index in [1.165, 1.54) is 24.1 Å². The van der Waals surface area contributed by atoms with Crippen LogP contribution in [0.15, 0.2) is 48.5 Å². The van der Waals surface area contributed by atoms with Gasteiger partial charge in [-0.05, 0) is 24.3 Å². The van der Waals surface area contributed by atoms with E-state index in [-0.39, 0.29) is 30.2 Å². The number of carbonyl (C=O) groups is 1. The third kappa shape index (κ3) is 3.36. The Balaban J connectivity index is 2.35. The number of para-hydroxylation sites is 1. The first-order valence-electron chi connectivity index (χ1n) is 6.78. The van der Waals surface area contributed by atoms with Gasteiger partial charge in [0, 0.05) is 18.3 Å². The molecule has 0 bridgehead atoms. The van der Waals surface area contributed by atoms with Gasteiger partial charge < -0.3 is 14.7 Å². The number of anilines is 1. The summed E-state index contributed by atoms with van der Waals surface area (Å²) in [6, 6.07) is 15.6. The van der Waals surface area contributed by atoms with Crippen molar-refractivity contribution < 1.29 is 14.6 Å². The molecule has 0 fully saturated rings. The van der Waals surface area contributed by atoms with Crippen LogP contribution in [0.2, 0.25) is 0 Å². The first-order chi connectivity index (χ1) is 10.7. The van der Waals surface area contributed by atoms with Gasteiger partial charge in [-0.2, -0.15) is 5.26 Å². The smallest absolute Gasteiger partial charge is 0.262 e. The second-order valence-corrected chi connectivity index (χ2v) is 4.58. The molecule has 0 heterocycles. The van der Waals surface area contributed by atoms with Crippen LogP contribution in [0.5, 0.6) is 11.5 Å². The van der Waals surface area contributed by atoms with Crippen molar-refractivity contribution >= 4 is 11.6 Å². The number of aromatic hydroxyl groups is 1. The summed E-state index contributed by atoms with van der Waals surface area (Å²) in [6.45, 7) is 0.255. The molecule has 0 radical (unpaired) electrons. The van der Waals surface area contributed by atoms with Crippen molar-refractivity contribution in [1.29, 1.82) is 5.26 Å². The van der Waals surface area contributed by atoms with Crippen LogP contribution in [0.4, 0.5) is 5.69 Å². The van der Waals surface area contributed by atoms with Gasteiger partial charge in [0.2, 0.25) is 0 Å². The lowest BCUT2D eigenvalue weighted by Crippen LogP contribution is -2.31. The molecular formula is C17H16N2O3. The highest BCUT2D eigenvalue weighted by Crippen LogP contribution is 2.26. The fourth-order valence-corrected chi connectivity index (χ4v) is 2.08. The van der Waals surface area contributed by atoms with Crippen LogP contribution in [-0.4, -0.2) is 24.7 Å². The summed E-state index contributed by atoms with van der Waals surface area (Å²) in [5.74, 6) is -0.0406. The van der Waals surface area contributed by atoms with Gasteiger partial charge >= 0.3 is 0 Å². The normalized spacial score (nSPS) is 9.82. The Bertz CT molecular complexity index is 693. The molecule has 0 unspecified atom stereocenters. The number of phenolic OH excluding ortho intramolecular Hbond substituents is 1. The molecule has 112 valence electrons. The van der Waals surface area contributed by atoms with Crippen molar-refractivity contribution in [3.8, 4) is 17.6 Å². The number of hydrogen-bond donors (Lipinski definition) is 1. The maximum absolute atomic E-state index is 12.7. The Morgan fingerprint density at radius 2 is 2.00 bits per heavy atom. The minimum Gasteiger partial charge on any atom is -0.507 e. The number of rotatable bonds is 5. The molecule has 0 aliphatic heterocycles. The first-order valence-corrected chi connectivity index (χ1v) is 6.78. The molecule has 2 aromatic carbocycles. The van der Waals surface area contributed by atoms with Crippen LogP contribution < -0.4 is 9.64 Å². The highest BCUT2D eigenvalue weighted by atomic mass is 16.5. The lowest BCUT2D eigenvalue weighted by Gasteiger charge is -2.22. The Labute approximate surface area is 129 Å². The molecule has 0 aromatic heterocycles. The van der Waals surface area contributed by atoms with Gasteiger partial charge in [-0.3, -0.25) is 4.79 Å². The summed E-state index contributed by atoms with van der Waals surface area (Å²) in [5.41, 5.74) is 0.848. The SMILES string of the molecule is COc1ccc(C(=O)N(CCC#N)c2ccccc2)c(O)c1. The molecule has 5 nitrogen and oxygen atoms in total. The highest BCUT2D eigenvalue weighted by Gasteiger charge is 2.20. The van der Waals surface area contributed by atoms with Gasteiger partial charge in [-0.15, -0.1) is 0 Å². The van der Waals surface area contributed by atoms with E-state index in [0.29, 0.717) is 11.4 Å². The van der Waals surface area contributed by atoms with Crippen molar-refractivity contribution in [1.82, 2.24) is 0 Å². The molecule has 0 aliphatic carbocycles. The molecule has 2 aromatic rings. The van der Waals surface area contributed by atoms with E-state index in [1.54, 1.807) is 18.2 Å². The topological polar surface area (TPSA) is 73.6 Å². The molecule has 5 heteroatoms. The molecule has 2 rings (SSSR count). The minimum absolute atomic E-state index is 0.151. The van der Waals surface area contributed by atoms with Crippen molar-refractivity contribution in [3.05, 3.63) is 54.1 Å². The molecule has 1 amide bonds. The van der Waals surface area contributed by atoms with Crippen LogP contribution in [0.25, 0.3) is 0 Å². The van der Waals surface area contributed by atoms with E-state index in [4.69, 9.17) is 10.00 Å². The number of methoxy groups -OCH3 is 1. The third-order valence-electron chi connectivity index (χ3n) is 3.20. The number of amides is 1. The van der Waals surface area contributed by atoms with E-state index in [9.17, 15) is 9.90 Å². The largest absolute Gasteiger partial charge is 0.507 e. The predicted molar refractivity (Wildman–Crippen MR) is 83.0 cm³/mol. The summed E-state index contributed by atoms with van der Waals surface area (Å²) in [5, 5.41) is 18.8. The van der Waals surface area contributed by atoms with Gasteiger partial charge in [-0.25, -0.2) is 0 Å². The molecule has 0 aliphatic rings. The Morgan fingerprint density at radius 3 is 2.59 bits per heavy atom. The molecule has 0 saturated heterocycles. The average Bonchev–Trinajstić information content (AvgIpc) is 2.55. The van der Waals surface area contributed by atoms with Gasteiger partial charge in [0.25, 0.3) is 5.91 Å². The summed E-state index contributed by atoms with van der Waals surface area (Å²) in [4.78, 5) is 14.2. The number of nitriles is 1. The monoisotopic (exact) mass is 296 g/mol. The van der Waals surface area contributed by atoms with Gasteiger partial charge in [0.15, 0.2) is 0 Å². The van der Waals surface area contributed by atoms with Gasteiger partial charge in [0.05, 0.1) is 25.2 Å². The average molecular weight is 296 g/mol. The number of benzene rings is 2. The molecule has 1 N–H and O–H groups in total. The first kappa shape index (κ1) is 15.4. The van der Waals surface area contributed by atoms with E-state index in [1.807, 2.05) is 24.3 Å². The van der Waals surface area contributed by atoms with Crippen molar-refractivity contribution in [3.63, 3.8) is 0 Å². The van der Waals surface area contributed by atoms with Crippen molar-refractivity contribution in [2.75, 3.05) is 18.6 Å². The van der Waals surface area contributed by atoms with Crippen molar-refractivity contribution in [2.24, 2.45) is 0 Å². The van der Waals surface area contributed by atoms with Crippen LogP contribution in [-0.2, 0) is 0 Å². The number of nitrogens with zero attached hydrogens (tertiary/aromatic N) is 2. The second kappa shape index (κ2) is 7.14. The zero-order valence-electron chi connectivity index (χ0n) is 12.2. The maximum Gasteiger partial charge on any atom is 0.262 e. The van der Waals surface area contributed by atoms with E-state index in [0.717, 1.165) is 0 Å². The standard InChI is InChI=1S/C17H16N2O3/c1-22-14-8-9-15(16(20)12-14)17(21)19(11-5-10-18)13-6-3-2-4-7-13/h2-4,6-9,12,20H,5,11H2,1H3. The van der Waals surface area contributed by atoms with Crippen molar-refractivity contribution in [2.45, 2.75) is 6.42 Å². The number of phenols is 1. The Morgan fingerprint density at radius 1 is 1.27 bits per heavy atom. The molecule has 0 spiro atoms. The lowest BCUT2D eigenvalue weighted by atomic mass is 10.1. The molecule has 0 saturated carbocycles. The summed E-state index contributed by atoms with van der Waals surface area (Å²) >= 11 is 0. The zero-order valence-corrected chi connectivity index (χ0v) is 12.2. The Kier molecular flexibility index (Phi) is 4.99. The van der Waals surface area contributed by atoms with Crippen LogP contribution in [0.3, 0.4) is 0 Å². The lowest BCUT2D eigenvalue weighted by molar-refractivity contribution is 0.0985. The van der Waals surface area contributed by atoms with E-state index >= 15 is 0 Å². The number of carbonyl (C=O) groups excluding carboxylic acids is 1. The molecule has 22 heavy (non-hydrogen) atoms. The van der Waals surface area contributed by atoms with Crippen LogP contribution >= 0.6 is 0 Å².